The van der Waals surface area contributed by atoms with E-state index in [-0.39, 0.29) is 5.91 Å². The number of nitrogens with zero attached hydrogens (tertiary/aromatic N) is 2. The van der Waals surface area contributed by atoms with Crippen molar-refractivity contribution in [1.29, 1.82) is 0 Å². The van der Waals surface area contributed by atoms with Gasteiger partial charge in [-0.1, -0.05) is 12.1 Å². The molecule has 0 spiro atoms. The van der Waals surface area contributed by atoms with Crippen LogP contribution in [0.3, 0.4) is 0 Å². The Morgan fingerprint density at radius 3 is 2.74 bits per heavy atom. The first-order chi connectivity index (χ1) is 9.19. The Bertz CT molecular complexity index is 587. The minimum Gasteiger partial charge on any atom is -0.323 e. The molecule has 0 unspecified atom stereocenters. The van der Waals surface area contributed by atoms with E-state index >= 15 is 0 Å². The van der Waals surface area contributed by atoms with Crippen molar-refractivity contribution in [2.75, 3.05) is 5.32 Å². The normalized spacial score (nSPS) is 16.7. The first-order valence-electron chi connectivity index (χ1n) is 6.38. The Morgan fingerprint density at radius 1 is 1.32 bits per heavy atom. The number of nitrogens with two attached hydrogens (primary N) is 1. The summed E-state index contributed by atoms with van der Waals surface area (Å²) in [6.45, 7) is 0. The molecule has 0 saturated heterocycles. The van der Waals surface area contributed by atoms with Gasteiger partial charge in [0.25, 0.3) is 0 Å². The van der Waals surface area contributed by atoms with Crippen LogP contribution in [-0.4, -0.2) is 21.2 Å². The zero-order valence-electron chi connectivity index (χ0n) is 10.5. The van der Waals surface area contributed by atoms with E-state index < -0.39 is 5.54 Å². The molecule has 3 N–H and O–H groups in total. The average molecular weight is 256 g/mol. The third-order valence-electron chi connectivity index (χ3n) is 3.60. The topological polar surface area (TPSA) is 72.9 Å². The van der Waals surface area contributed by atoms with E-state index in [0.717, 1.165) is 30.6 Å². The summed E-state index contributed by atoms with van der Waals surface area (Å²) in [4.78, 5) is 12.2. The van der Waals surface area contributed by atoms with Gasteiger partial charge in [0.15, 0.2) is 0 Å². The lowest BCUT2D eigenvalue weighted by Gasteiger charge is -2.36. The van der Waals surface area contributed by atoms with E-state index in [2.05, 4.69) is 10.4 Å². The molecule has 3 rings (SSSR count). The summed E-state index contributed by atoms with van der Waals surface area (Å²) in [7, 11) is 0. The number of anilines is 1. The maximum Gasteiger partial charge on any atom is 0.244 e. The average Bonchev–Trinajstić information content (AvgIpc) is 2.90. The van der Waals surface area contributed by atoms with E-state index in [4.69, 9.17) is 5.73 Å². The van der Waals surface area contributed by atoms with Crippen molar-refractivity contribution in [2.45, 2.75) is 24.8 Å². The predicted octanol–water partition coefficient (Wildman–Crippen LogP) is 1.69. The van der Waals surface area contributed by atoms with Gasteiger partial charge in [-0.15, -0.1) is 0 Å². The molecule has 1 heterocycles. The lowest BCUT2D eigenvalue weighted by Crippen LogP contribution is -2.56. The molecule has 98 valence electrons. The van der Waals surface area contributed by atoms with Crippen molar-refractivity contribution in [3.05, 3.63) is 42.7 Å². The Morgan fingerprint density at radius 2 is 2.11 bits per heavy atom. The summed E-state index contributed by atoms with van der Waals surface area (Å²) in [5, 5.41) is 7.10. The smallest absolute Gasteiger partial charge is 0.244 e. The molecular weight excluding hydrogens is 240 g/mol. The molecule has 1 fully saturated rings. The van der Waals surface area contributed by atoms with Gasteiger partial charge in [0.2, 0.25) is 5.91 Å². The van der Waals surface area contributed by atoms with Crippen LogP contribution >= 0.6 is 0 Å². The van der Waals surface area contributed by atoms with Gasteiger partial charge in [-0.25, -0.2) is 4.68 Å². The van der Waals surface area contributed by atoms with Gasteiger partial charge in [0.1, 0.15) is 0 Å². The van der Waals surface area contributed by atoms with Crippen LogP contribution in [0.15, 0.2) is 42.7 Å². The molecule has 5 nitrogen and oxygen atoms in total. The van der Waals surface area contributed by atoms with E-state index in [1.54, 1.807) is 10.9 Å². The van der Waals surface area contributed by atoms with Crippen LogP contribution in [0.2, 0.25) is 0 Å². The maximum absolute atomic E-state index is 12.2. The first-order valence-corrected chi connectivity index (χ1v) is 6.38. The third kappa shape index (κ3) is 2.13. The van der Waals surface area contributed by atoms with E-state index in [0.29, 0.717) is 0 Å². The van der Waals surface area contributed by atoms with Gasteiger partial charge in [-0.2, -0.15) is 5.10 Å². The molecule has 0 radical (unpaired) electrons. The molecular formula is C14H16N4O. The fraction of sp³-hybridized carbons (Fsp3) is 0.286. The first kappa shape index (κ1) is 11.9. The number of benzene rings is 1. The fourth-order valence-electron chi connectivity index (χ4n) is 2.22. The largest absolute Gasteiger partial charge is 0.323 e. The van der Waals surface area contributed by atoms with Crippen LogP contribution < -0.4 is 11.1 Å². The van der Waals surface area contributed by atoms with Crippen LogP contribution in [0.5, 0.6) is 0 Å². The summed E-state index contributed by atoms with van der Waals surface area (Å²) < 4.78 is 1.72. The van der Waals surface area contributed by atoms with E-state index in [1.165, 1.54) is 0 Å². The quantitative estimate of drug-likeness (QED) is 0.877. The standard InChI is InChI=1S/C14H16N4O/c15-14(7-3-8-14)13(19)17-11-5-1-2-6-12(11)18-10-4-9-16-18/h1-2,4-6,9-10H,3,7-8,15H2,(H,17,19). The zero-order valence-corrected chi connectivity index (χ0v) is 10.5. The van der Waals surface area contributed by atoms with Crippen molar-refractivity contribution >= 4 is 11.6 Å². The second kappa shape index (κ2) is 4.51. The number of para-hydroxylation sites is 2. The van der Waals surface area contributed by atoms with Crippen LogP contribution in [0.4, 0.5) is 5.69 Å². The van der Waals surface area contributed by atoms with Crippen LogP contribution in [-0.2, 0) is 4.79 Å². The summed E-state index contributed by atoms with van der Waals surface area (Å²) in [5.74, 6) is -0.113. The third-order valence-corrected chi connectivity index (χ3v) is 3.60. The summed E-state index contributed by atoms with van der Waals surface area (Å²) in [5.41, 5.74) is 6.90. The highest BCUT2D eigenvalue weighted by atomic mass is 16.2. The number of aromatic nitrogens is 2. The number of carbonyl (C=O) groups excluding carboxylic acids is 1. The molecule has 19 heavy (non-hydrogen) atoms. The number of nitrogens with one attached hydrogen (secondary N) is 1. The lowest BCUT2D eigenvalue weighted by molar-refractivity contribution is -0.123. The predicted molar refractivity (Wildman–Crippen MR) is 73.0 cm³/mol. The minimum atomic E-state index is -0.697. The van der Waals surface area contributed by atoms with Gasteiger partial charge in [-0.05, 0) is 37.5 Å². The molecule has 1 aromatic heterocycles. The molecule has 0 atom stereocenters. The van der Waals surface area contributed by atoms with Crippen molar-refractivity contribution in [1.82, 2.24) is 9.78 Å². The number of carbonyl (C=O) groups is 1. The van der Waals surface area contributed by atoms with Gasteiger partial charge < -0.3 is 11.1 Å². The summed E-state index contributed by atoms with van der Waals surface area (Å²) >= 11 is 0. The molecule has 1 aliphatic rings. The minimum absolute atomic E-state index is 0.113. The van der Waals surface area contributed by atoms with Gasteiger partial charge in [0.05, 0.1) is 16.9 Å². The molecule has 0 aliphatic heterocycles. The van der Waals surface area contributed by atoms with Gasteiger partial charge >= 0.3 is 0 Å². The van der Waals surface area contributed by atoms with Crippen molar-refractivity contribution in [3.63, 3.8) is 0 Å². The highest BCUT2D eigenvalue weighted by Gasteiger charge is 2.40. The number of hydrogen-bond donors (Lipinski definition) is 2. The second-order valence-electron chi connectivity index (χ2n) is 4.93. The summed E-state index contributed by atoms with van der Waals surface area (Å²) in [6, 6.07) is 9.40. The molecule has 1 saturated carbocycles. The monoisotopic (exact) mass is 256 g/mol. The van der Waals surface area contributed by atoms with Crippen molar-refractivity contribution in [3.8, 4) is 5.69 Å². The van der Waals surface area contributed by atoms with Gasteiger partial charge in [0, 0.05) is 12.4 Å². The Balaban J connectivity index is 1.87. The Labute approximate surface area is 111 Å². The Hall–Kier alpha value is -2.14. The highest BCUT2D eigenvalue weighted by molar-refractivity contribution is 5.99. The number of rotatable bonds is 3. The maximum atomic E-state index is 12.2. The highest BCUT2D eigenvalue weighted by Crippen LogP contribution is 2.31. The van der Waals surface area contributed by atoms with Crippen LogP contribution in [0.1, 0.15) is 19.3 Å². The van der Waals surface area contributed by atoms with Crippen LogP contribution in [0, 0.1) is 0 Å². The molecule has 0 bridgehead atoms. The molecule has 1 aliphatic carbocycles. The van der Waals surface area contributed by atoms with Crippen molar-refractivity contribution in [2.24, 2.45) is 5.73 Å². The van der Waals surface area contributed by atoms with E-state index in [1.807, 2.05) is 36.5 Å². The second-order valence-corrected chi connectivity index (χ2v) is 4.93. The molecule has 5 heteroatoms. The molecule has 1 aromatic carbocycles. The van der Waals surface area contributed by atoms with Gasteiger partial charge in [-0.3, -0.25) is 4.79 Å². The molecule has 2 aromatic rings. The molecule has 1 amide bonds. The van der Waals surface area contributed by atoms with Crippen LogP contribution in [0.25, 0.3) is 5.69 Å². The summed E-state index contributed by atoms with van der Waals surface area (Å²) in [6.07, 6.45) is 6.07. The SMILES string of the molecule is NC1(C(=O)Nc2ccccc2-n2cccn2)CCC1. The number of hydrogen-bond acceptors (Lipinski definition) is 3. The zero-order chi connectivity index (χ0) is 13.3. The van der Waals surface area contributed by atoms with E-state index in [9.17, 15) is 4.79 Å². The Kier molecular flexibility index (Phi) is 2.83. The fourth-order valence-corrected chi connectivity index (χ4v) is 2.22. The number of amides is 1. The van der Waals surface area contributed by atoms with Crippen molar-refractivity contribution < 1.29 is 4.79 Å². The lowest BCUT2D eigenvalue weighted by atomic mass is 9.77.